The van der Waals surface area contributed by atoms with Gasteiger partial charge in [-0.2, -0.15) is 0 Å². The molecule has 1 atom stereocenters. The van der Waals surface area contributed by atoms with Gasteiger partial charge < -0.3 is 10.2 Å². The fraction of sp³-hybridized carbons (Fsp3) is 0.778. The maximum absolute atomic E-state index is 9.15. The van der Waals surface area contributed by atoms with E-state index in [1.165, 1.54) is 0 Å². The van der Waals surface area contributed by atoms with Gasteiger partial charge in [0.1, 0.15) is 0 Å². The average molecular weight is 158 g/mol. The monoisotopic (exact) mass is 158 g/mol. The molecule has 0 spiro atoms. The Morgan fingerprint density at radius 3 is 2.45 bits per heavy atom. The predicted octanol–water partition coefficient (Wildman–Crippen LogP) is 1.33. The van der Waals surface area contributed by atoms with Crippen molar-refractivity contribution >= 4 is 0 Å². The maximum atomic E-state index is 9.15. The van der Waals surface area contributed by atoms with E-state index in [9.17, 15) is 0 Å². The van der Waals surface area contributed by atoms with Gasteiger partial charge in [-0.15, -0.1) is 0 Å². The van der Waals surface area contributed by atoms with E-state index >= 15 is 0 Å². The first kappa shape index (κ1) is 10.7. The van der Waals surface area contributed by atoms with Gasteiger partial charge in [-0.05, 0) is 18.8 Å². The Morgan fingerprint density at radius 2 is 2.00 bits per heavy atom. The Labute approximate surface area is 68.6 Å². The molecule has 0 aromatic carbocycles. The summed E-state index contributed by atoms with van der Waals surface area (Å²) in [6.07, 6.45) is 4.77. The smallest absolute Gasteiger partial charge is 0.0596 e. The molecule has 0 saturated heterocycles. The molecule has 0 aliphatic rings. The number of allylic oxidation sites excluding steroid dienone is 1. The maximum Gasteiger partial charge on any atom is 0.0596 e. The third kappa shape index (κ3) is 7.56. The highest BCUT2D eigenvalue weighted by Gasteiger charge is 1.98. The van der Waals surface area contributed by atoms with Crippen molar-refractivity contribution in [3.63, 3.8) is 0 Å². The van der Waals surface area contributed by atoms with Crippen LogP contribution in [-0.2, 0) is 0 Å². The van der Waals surface area contributed by atoms with Gasteiger partial charge in [0.15, 0.2) is 0 Å². The summed E-state index contributed by atoms with van der Waals surface area (Å²) in [5.41, 5.74) is 0. The zero-order valence-corrected chi connectivity index (χ0v) is 7.33. The lowest BCUT2D eigenvalue weighted by Crippen LogP contribution is -2.06. The van der Waals surface area contributed by atoms with Crippen LogP contribution in [0.3, 0.4) is 0 Å². The number of hydrogen-bond donors (Lipinski definition) is 2. The molecule has 0 fully saturated rings. The summed E-state index contributed by atoms with van der Waals surface area (Å²) >= 11 is 0. The van der Waals surface area contributed by atoms with Gasteiger partial charge in [-0.1, -0.05) is 26.0 Å². The first-order chi connectivity index (χ1) is 5.16. The van der Waals surface area contributed by atoms with Crippen LogP contribution in [0.2, 0.25) is 0 Å². The molecule has 2 heteroatoms. The lowest BCUT2D eigenvalue weighted by atomic mass is 10.1. The SMILES string of the molecule is CC(C)/C=C/CC(O)CCO. The molecular formula is C9H18O2. The van der Waals surface area contributed by atoms with E-state index in [2.05, 4.69) is 19.9 Å². The number of aliphatic hydroxyl groups excluding tert-OH is 2. The minimum Gasteiger partial charge on any atom is -0.396 e. The first-order valence-electron chi connectivity index (χ1n) is 4.12. The van der Waals surface area contributed by atoms with Crippen LogP contribution in [0.15, 0.2) is 12.2 Å². The Hall–Kier alpha value is -0.340. The van der Waals surface area contributed by atoms with E-state index in [0.717, 1.165) is 0 Å². The van der Waals surface area contributed by atoms with Crippen molar-refractivity contribution in [2.45, 2.75) is 32.8 Å². The zero-order valence-electron chi connectivity index (χ0n) is 7.33. The van der Waals surface area contributed by atoms with Crippen molar-refractivity contribution in [1.29, 1.82) is 0 Å². The summed E-state index contributed by atoms with van der Waals surface area (Å²) in [7, 11) is 0. The highest BCUT2D eigenvalue weighted by molar-refractivity contribution is 4.86. The second-order valence-electron chi connectivity index (χ2n) is 3.07. The van der Waals surface area contributed by atoms with Crippen LogP contribution < -0.4 is 0 Å². The van der Waals surface area contributed by atoms with Gasteiger partial charge in [-0.25, -0.2) is 0 Å². The standard InChI is InChI=1S/C9H18O2/c1-8(2)4-3-5-9(11)6-7-10/h3-4,8-11H,5-7H2,1-2H3/b4-3+. The minimum atomic E-state index is -0.380. The molecule has 0 amide bonds. The largest absolute Gasteiger partial charge is 0.396 e. The normalized spacial score (nSPS) is 14.6. The minimum absolute atomic E-state index is 0.0662. The van der Waals surface area contributed by atoms with E-state index < -0.39 is 0 Å². The Balaban J connectivity index is 3.36. The molecule has 0 saturated carbocycles. The summed E-state index contributed by atoms with van der Waals surface area (Å²) in [6.45, 7) is 4.25. The van der Waals surface area contributed by atoms with E-state index in [1.807, 2.05) is 6.08 Å². The van der Waals surface area contributed by atoms with Gasteiger partial charge >= 0.3 is 0 Å². The highest BCUT2D eigenvalue weighted by Crippen LogP contribution is 2.01. The molecule has 2 nitrogen and oxygen atoms in total. The summed E-state index contributed by atoms with van der Waals surface area (Å²) < 4.78 is 0. The van der Waals surface area contributed by atoms with Crippen molar-refractivity contribution in [2.75, 3.05) is 6.61 Å². The summed E-state index contributed by atoms with van der Waals surface area (Å²) in [5, 5.41) is 17.6. The first-order valence-corrected chi connectivity index (χ1v) is 4.12. The van der Waals surface area contributed by atoms with Crippen LogP contribution in [0.4, 0.5) is 0 Å². The van der Waals surface area contributed by atoms with Crippen LogP contribution in [0, 0.1) is 5.92 Å². The average Bonchev–Trinajstić information content (AvgIpc) is 1.87. The Kier molecular flexibility index (Phi) is 6.18. The van der Waals surface area contributed by atoms with Crippen LogP contribution in [0.5, 0.6) is 0 Å². The molecule has 0 radical (unpaired) electrons. The number of aliphatic hydroxyl groups is 2. The third-order valence-corrected chi connectivity index (χ3v) is 1.39. The van der Waals surface area contributed by atoms with Gasteiger partial charge in [0.25, 0.3) is 0 Å². The number of rotatable bonds is 5. The van der Waals surface area contributed by atoms with Crippen molar-refractivity contribution in [3.05, 3.63) is 12.2 Å². The van der Waals surface area contributed by atoms with E-state index in [1.54, 1.807) is 0 Å². The molecule has 2 N–H and O–H groups in total. The van der Waals surface area contributed by atoms with Crippen molar-refractivity contribution in [2.24, 2.45) is 5.92 Å². The van der Waals surface area contributed by atoms with Crippen molar-refractivity contribution in [3.8, 4) is 0 Å². The van der Waals surface area contributed by atoms with Gasteiger partial charge in [0, 0.05) is 6.61 Å². The number of hydrogen-bond acceptors (Lipinski definition) is 2. The van der Waals surface area contributed by atoms with Crippen LogP contribution in [0.1, 0.15) is 26.7 Å². The Morgan fingerprint density at radius 1 is 1.36 bits per heavy atom. The fourth-order valence-electron chi connectivity index (χ4n) is 0.775. The van der Waals surface area contributed by atoms with E-state index in [-0.39, 0.29) is 12.7 Å². The second-order valence-corrected chi connectivity index (χ2v) is 3.07. The molecule has 0 bridgehead atoms. The molecular weight excluding hydrogens is 140 g/mol. The van der Waals surface area contributed by atoms with E-state index in [0.29, 0.717) is 18.8 Å². The Bertz CT molecular complexity index is 108. The molecule has 0 aliphatic heterocycles. The van der Waals surface area contributed by atoms with Gasteiger partial charge in [0.05, 0.1) is 6.10 Å². The predicted molar refractivity (Wildman–Crippen MR) is 46.3 cm³/mol. The van der Waals surface area contributed by atoms with Gasteiger partial charge in [-0.3, -0.25) is 0 Å². The molecule has 0 aromatic heterocycles. The lowest BCUT2D eigenvalue weighted by molar-refractivity contribution is 0.135. The lowest BCUT2D eigenvalue weighted by Gasteiger charge is -2.04. The van der Waals surface area contributed by atoms with Crippen molar-refractivity contribution in [1.82, 2.24) is 0 Å². The molecule has 11 heavy (non-hydrogen) atoms. The molecule has 0 heterocycles. The van der Waals surface area contributed by atoms with Crippen LogP contribution in [0.25, 0.3) is 0 Å². The topological polar surface area (TPSA) is 40.5 Å². The fourth-order valence-corrected chi connectivity index (χ4v) is 0.775. The molecule has 0 aromatic rings. The molecule has 66 valence electrons. The zero-order chi connectivity index (χ0) is 8.69. The quantitative estimate of drug-likeness (QED) is 0.593. The van der Waals surface area contributed by atoms with E-state index in [4.69, 9.17) is 10.2 Å². The van der Waals surface area contributed by atoms with Crippen LogP contribution >= 0.6 is 0 Å². The molecule has 0 rings (SSSR count). The summed E-state index contributed by atoms with van der Waals surface area (Å²) in [6, 6.07) is 0. The molecule has 0 aliphatic carbocycles. The van der Waals surface area contributed by atoms with Crippen molar-refractivity contribution < 1.29 is 10.2 Å². The van der Waals surface area contributed by atoms with Crippen LogP contribution in [-0.4, -0.2) is 22.9 Å². The molecule has 1 unspecified atom stereocenters. The summed E-state index contributed by atoms with van der Waals surface area (Å²) in [5.74, 6) is 0.538. The third-order valence-electron chi connectivity index (χ3n) is 1.39. The second kappa shape index (κ2) is 6.38. The van der Waals surface area contributed by atoms with Gasteiger partial charge in [0.2, 0.25) is 0 Å². The summed E-state index contributed by atoms with van der Waals surface area (Å²) in [4.78, 5) is 0. The highest BCUT2D eigenvalue weighted by atomic mass is 16.3.